The lowest BCUT2D eigenvalue weighted by Gasteiger charge is -2.33. The Labute approximate surface area is 160 Å². The van der Waals surface area contributed by atoms with E-state index in [0.29, 0.717) is 39.0 Å². The van der Waals surface area contributed by atoms with Crippen LogP contribution in [0.15, 0.2) is 54.7 Å². The quantitative estimate of drug-likeness (QED) is 0.737. The Bertz CT molecular complexity index is 741. The highest BCUT2D eigenvalue weighted by molar-refractivity contribution is 5.84. The molecule has 0 aliphatic carbocycles. The summed E-state index contributed by atoms with van der Waals surface area (Å²) in [7, 11) is 0. The normalized spacial score (nSPS) is 16.0. The predicted molar refractivity (Wildman–Crippen MR) is 103 cm³/mol. The molecular weight excluding hydrogens is 340 g/mol. The number of aromatic nitrogens is 1. The summed E-state index contributed by atoms with van der Waals surface area (Å²) >= 11 is 0. The van der Waals surface area contributed by atoms with Gasteiger partial charge in [0.15, 0.2) is 0 Å². The van der Waals surface area contributed by atoms with Gasteiger partial charge in [-0.15, -0.1) is 0 Å². The van der Waals surface area contributed by atoms with E-state index in [1.54, 1.807) is 6.20 Å². The number of hydrogen-bond acceptors (Lipinski definition) is 4. The van der Waals surface area contributed by atoms with E-state index >= 15 is 0 Å². The molecule has 1 fully saturated rings. The van der Waals surface area contributed by atoms with Crippen molar-refractivity contribution in [1.29, 1.82) is 0 Å². The standard InChI is InChI=1S/C22H26N2O3/c1-2-27-22(26)18-11-14-24(15-12-18)21(25)20(17-8-4-3-5-9-17)16-19-10-6-7-13-23-19/h3-10,13,18,20H,2,11-12,14-16H2,1H3. The molecule has 1 aromatic heterocycles. The Kier molecular flexibility index (Phi) is 6.58. The molecule has 142 valence electrons. The first-order chi connectivity index (χ1) is 13.2. The average Bonchev–Trinajstić information content (AvgIpc) is 2.73. The number of esters is 1. The van der Waals surface area contributed by atoms with Gasteiger partial charge >= 0.3 is 5.97 Å². The summed E-state index contributed by atoms with van der Waals surface area (Å²) in [6.07, 6.45) is 3.65. The van der Waals surface area contributed by atoms with E-state index in [0.717, 1.165) is 11.3 Å². The lowest BCUT2D eigenvalue weighted by Crippen LogP contribution is -2.43. The maximum atomic E-state index is 13.3. The van der Waals surface area contributed by atoms with Gasteiger partial charge in [-0.05, 0) is 37.5 Å². The van der Waals surface area contributed by atoms with E-state index in [-0.39, 0.29) is 23.7 Å². The molecule has 27 heavy (non-hydrogen) atoms. The van der Waals surface area contributed by atoms with Crippen LogP contribution in [0.4, 0.5) is 0 Å². The molecular formula is C22H26N2O3. The third kappa shape index (κ3) is 4.94. The van der Waals surface area contributed by atoms with Crippen molar-refractivity contribution in [2.45, 2.75) is 32.1 Å². The van der Waals surface area contributed by atoms with Gasteiger partial charge in [0.05, 0.1) is 18.4 Å². The van der Waals surface area contributed by atoms with Crippen molar-refractivity contribution in [3.05, 3.63) is 66.0 Å². The number of rotatable bonds is 6. The molecule has 0 saturated carbocycles. The van der Waals surface area contributed by atoms with Gasteiger partial charge in [0.1, 0.15) is 0 Å². The minimum Gasteiger partial charge on any atom is -0.466 e. The van der Waals surface area contributed by atoms with Gasteiger partial charge in [0.2, 0.25) is 5.91 Å². The number of piperidine rings is 1. The zero-order chi connectivity index (χ0) is 19.1. The number of carbonyl (C=O) groups excluding carboxylic acids is 2. The van der Waals surface area contributed by atoms with Gasteiger partial charge < -0.3 is 9.64 Å². The van der Waals surface area contributed by atoms with Crippen molar-refractivity contribution in [1.82, 2.24) is 9.88 Å². The van der Waals surface area contributed by atoms with E-state index in [9.17, 15) is 9.59 Å². The Balaban J connectivity index is 1.71. The van der Waals surface area contributed by atoms with Crippen molar-refractivity contribution in [3.8, 4) is 0 Å². The summed E-state index contributed by atoms with van der Waals surface area (Å²) in [6.45, 7) is 3.40. The number of likely N-dealkylation sites (tertiary alicyclic amines) is 1. The van der Waals surface area contributed by atoms with E-state index in [1.165, 1.54) is 0 Å². The van der Waals surface area contributed by atoms with Gasteiger partial charge in [0.25, 0.3) is 0 Å². The SMILES string of the molecule is CCOC(=O)C1CCN(C(=O)C(Cc2ccccn2)c2ccccc2)CC1. The molecule has 2 heterocycles. The van der Waals surface area contributed by atoms with Gasteiger partial charge in [-0.2, -0.15) is 0 Å². The fraction of sp³-hybridized carbons (Fsp3) is 0.409. The number of amides is 1. The highest BCUT2D eigenvalue weighted by Crippen LogP contribution is 2.26. The van der Waals surface area contributed by atoms with Crippen LogP contribution >= 0.6 is 0 Å². The van der Waals surface area contributed by atoms with Crippen molar-refractivity contribution in [2.75, 3.05) is 19.7 Å². The first-order valence-corrected chi connectivity index (χ1v) is 9.59. The molecule has 0 radical (unpaired) electrons. The number of pyridine rings is 1. The zero-order valence-electron chi connectivity index (χ0n) is 15.7. The number of carbonyl (C=O) groups is 2. The van der Waals surface area contributed by atoms with Gasteiger partial charge in [0, 0.05) is 31.4 Å². The van der Waals surface area contributed by atoms with Crippen molar-refractivity contribution < 1.29 is 14.3 Å². The molecule has 0 spiro atoms. The lowest BCUT2D eigenvalue weighted by atomic mass is 9.90. The van der Waals surface area contributed by atoms with Gasteiger partial charge in [-0.3, -0.25) is 14.6 Å². The third-order valence-electron chi connectivity index (χ3n) is 5.07. The number of hydrogen-bond donors (Lipinski definition) is 0. The summed E-state index contributed by atoms with van der Waals surface area (Å²) in [6, 6.07) is 15.6. The molecule has 1 saturated heterocycles. The fourth-order valence-electron chi connectivity index (χ4n) is 3.58. The molecule has 5 heteroatoms. The van der Waals surface area contributed by atoms with Crippen LogP contribution in [0.3, 0.4) is 0 Å². The second-order valence-electron chi connectivity index (χ2n) is 6.84. The van der Waals surface area contributed by atoms with Crippen LogP contribution in [-0.4, -0.2) is 41.5 Å². The third-order valence-corrected chi connectivity index (χ3v) is 5.07. The molecule has 0 bridgehead atoms. The number of nitrogens with zero attached hydrogens (tertiary/aromatic N) is 2. The Hall–Kier alpha value is -2.69. The molecule has 1 aromatic carbocycles. The van der Waals surface area contributed by atoms with Crippen molar-refractivity contribution >= 4 is 11.9 Å². The van der Waals surface area contributed by atoms with Crippen LogP contribution < -0.4 is 0 Å². The minimum absolute atomic E-state index is 0.0973. The second kappa shape index (κ2) is 9.31. The van der Waals surface area contributed by atoms with Crippen LogP contribution in [-0.2, 0) is 20.7 Å². The monoisotopic (exact) mass is 366 g/mol. The molecule has 5 nitrogen and oxygen atoms in total. The summed E-state index contributed by atoms with van der Waals surface area (Å²) in [5, 5.41) is 0. The van der Waals surface area contributed by atoms with Gasteiger partial charge in [-0.25, -0.2) is 0 Å². The maximum Gasteiger partial charge on any atom is 0.309 e. The van der Waals surface area contributed by atoms with Crippen molar-refractivity contribution in [3.63, 3.8) is 0 Å². The second-order valence-corrected chi connectivity index (χ2v) is 6.84. The molecule has 2 aromatic rings. The van der Waals surface area contributed by atoms with Crippen LogP contribution in [0.1, 0.15) is 36.9 Å². The molecule has 1 atom stereocenters. The predicted octanol–water partition coefficient (Wildman–Crippen LogP) is 3.21. The molecule has 1 unspecified atom stereocenters. The Morgan fingerprint density at radius 2 is 1.81 bits per heavy atom. The lowest BCUT2D eigenvalue weighted by molar-refractivity contribution is -0.151. The number of benzene rings is 1. The van der Waals surface area contributed by atoms with Crippen molar-refractivity contribution in [2.24, 2.45) is 5.92 Å². The fourth-order valence-corrected chi connectivity index (χ4v) is 3.58. The topological polar surface area (TPSA) is 59.5 Å². The Morgan fingerprint density at radius 3 is 2.44 bits per heavy atom. The Morgan fingerprint density at radius 1 is 1.11 bits per heavy atom. The summed E-state index contributed by atoms with van der Waals surface area (Å²) in [4.78, 5) is 31.5. The average molecular weight is 366 g/mol. The maximum absolute atomic E-state index is 13.3. The van der Waals surface area contributed by atoms with E-state index in [4.69, 9.17) is 4.74 Å². The van der Waals surface area contributed by atoms with E-state index < -0.39 is 0 Å². The molecule has 3 rings (SSSR count). The summed E-state index contributed by atoms with van der Waals surface area (Å²) in [5.74, 6) is -0.396. The highest BCUT2D eigenvalue weighted by Gasteiger charge is 2.32. The first kappa shape index (κ1) is 19.1. The summed E-state index contributed by atoms with van der Waals surface area (Å²) < 4.78 is 5.12. The van der Waals surface area contributed by atoms with Crippen LogP contribution in [0.25, 0.3) is 0 Å². The van der Waals surface area contributed by atoms with Crippen LogP contribution in [0.5, 0.6) is 0 Å². The number of ether oxygens (including phenoxy) is 1. The molecule has 1 aliphatic rings. The summed E-state index contributed by atoms with van der Waals surface area (Å²) in [5.41, 5.74) is 1.90. The molecule has 0 N–H and O–H groups in total. The van der Waals surface area contributed by atoms with Crippen LogP contribution in [0, 0.1) is 5.92 Å². The minimum atomic E-state index is -0.264. The largest absolute Gasteiger partial charge is 0.466 e. The first-order valence-electron chi connectivity index (χ1n) is 9.59. The molecule has 1 aliphatic heterocycles. The molecule has 1 amide bonds. The van der Waals surface area contributed by atoms with E-state index in [2.05, 4.69) is 4.98 Å². The van der Waals surface area contributed by atoms with E-state index in [1.807, 2.05) is 60.4 Å². The zero-order valence-corrected chi connectivity index (χ0v) is 15.7. The highest BCUT2D eigenvalue weighted by atomic mass is 16.5. The van der Waals surface area contributed by atoms with Gasteiger partial charge in [-0.1, -0.05) is 36.4 Å². The smallest absolute Gasteiger partial charge is 0.309 e. The van der Waals surface area contributed by atoms with Crippen LogP contribution in [0.2, 0.25) is 0 Å².